The monoisotopic (exact) mass is 369 g/mol. The predicted molar refractivity (Wildman–Crippen MR) is 97.8 cm³/mol. The maximum absolute atomic E-state index is 10.8. The van der Waals surface area contributed by atoms with Gasteiger partial charge in [0, 0.05) is 29.5 Å². The Morgan fingerprint density at radius 2 is 2.00 bits per heavy atom. The van der Waals surface area contributed by atoms with Crippen molar-refractivity contribution in [2.24, 2.45) is 0 Å². The summed E-state index contributed by atoms with van der Waals surface area (Å²) < 4.78 is 7.04. The molecule has 4 rings (SSSR count). The molecule has 0 aliphatic heterocycles. The molecule has 2 heterocycles. The van der Waals surface area contributed by atoms with E-state index in [1.807, 2.05) is 36.4 Å². The van der Waals surface area contributed by atoms with E-state index in [2.05, 4.69) is 10.1 Å². The van der Waals surface area contributed by atoms with Crippen LogP contribution in [0.25, 0.3) is 21.5 Å². The molecule has 0 saturated heterocycles. The summed E-state index contributed by atoms with van der Waals surface area (Å²) in [5.74, 6) is 1.36. The number of non-ortho nitro benzene ring substituents is 1. The molecule has 0 radical (unpaired) electrons. The fourth-order valence-electron chi connectivity index (χ4n) is 2.32. The lowest BCUT2D eigenvalue weighted by atomic mass is 10.2. The number of thiazole rings is 1. The van der Waals surface area contributed by atoms with Crippen LogP contribution in [0.1, 0.15) is 5.69 Å². The van der Waals surface area contributed by atoms with Gasteiger partial charge < -0.3 is 4.52 Å². The van der Waals surface area contributed by atoms with Crippen LogP contribution in [0.5, 0.6) is 0 Å². The van der Waals surface area contributed by atoms with Crippen molar-refractivity contribution in [3.63, 3.8) is 0 Å². The number of hydrogen-bond acceptors (Lipinski definition) is 7. The van der Waals surface area contributed by atoms with Gasteiger partial charge in [-0.2, -0.15) is 0 Å². The molecule has 0 aliphatic rings. The normalized spacial score (nSPS) is 11.0. The molecule has 0 saturated carbocycles. The van der Waals surface area contributed by atoms with Gasteiger partial charge in [0.1, 0.15) is 0 Å². The summed E-state index contributed by atoms with van der Waals surface area (Å²) in [5, 5.41) is 14.9. The average Bonchev–Trinajstić information content (AvgIpc) is 3.26. The number of benzene rings is 2. The molecule has 25 heavy (non-hydrogen) atoms. The van der Waals surface area contributed by atoms with E-state index in [-0.39, 0.29) is 5.69 Å². The van der Waals surface area contributed by atoms with E-state index in [0.717, 1.165) is 31.6 Å². The molecule has 0 fully saturated rings. The number of rotatable bonds is 5. The SMILES string of the molecule is O=[N+]([O-])c1ccc2nc(SCc3cc(-c4ccccc4)on3)sc2c1. The Morgan fingerprint density at radius 1 is 1.16 bits per heavy atom. The van der Waals surface area contributed by atoms with Gasteiger partial charge in [0.25, 0.3) is 5.69 Å². The van der Waals surface area contributed by atoms with Crippen molar-refractivity contribution < 1.29 is 9.45 Å². The van der Waals surface area contributed by atoms with Crippen molar-refractivity contribution in [2.75, 3.05) is 0 Å². The van der Waals surface area contributed by atoms with E-state index in [1.54, 1.807) is 12.1 Å². The van der Waals surface area contributed by atoms with E-state index < -0.39 is 4.92 Å². The van der Waals surface area contributed by atoms with Crippen molar-refractivity contribution in [3.05, 3.63) is 70.4 Å². The minimum absolute atomic E-state index is 0.0803. The third-order valence-electron chi connectivity index (χ3n) is 3.52. The van der Waals surface area contributed by atoms with Crippen LogP contribution < -0.4 is 0 Å². The molecular weight excluding hydrogens is 358 g/mol. The van der Waals surface area contributed by atoms with Gasteiger partial charge in [0.15, 0.2) is 10.1 Å². The number of nitrogens with zero attached hydrogens (tertiary/aromatic N) is 3. The molecule has 0 N–H and O–H groups in total. The van der Waals surface area contributed by atoms with Crippen LogP contribution in [-0.2, 0) is 5.75 Å². The van der Waals surface area contributed by atoms with Gasteiger partial charge in [0.2, 0.25) is 0 Å². The quantitative estimate of drug-likeness (QED) is 0.275. The van der Waals surface area contributed by atoms with Gasteiger partial charge in [0.05, 0.1) is 20.8 Å². The van der Waals surface area contributed by atoms with Crippen molar-refractivity contribution in [1.29, 1.82) is 0 Å². The Hall–Kier alpha value is -2.71. The maximum Gasteiger partial charge on any atom is 0.270 e. The highest BCUT2D eigenvalue weighted by atomic mass is 32.2. The van der Waals surface area contributed by atoms with Gasteiger partial charge in [-0.25, -0.2) is 4.98 Å². The molecule has 124 valence electrons. The third-order valence-corrected chi connectivity index (χ3v) is 5.72. The summed E-state index contributed by atoms with van der Waals surface area (Å²) in [6.07, 6.45) is 0. The zero-order chi connectivity index (χ0) is 17.2. The van der Waals surface area contributed by atoms with Crippen LogP contribution in [0.3, 0.4) is 0 Å². The number of aromatic nitrogens is 2. The minimum atomic E-state index is -0.396. The molecule has 6 nitrogen and oxygen atoms in total. The van der Waals surface area contributed by atoms with E-state index in [4.69, 9.17) is 4.52 Å². The first-order valence-corrected chi connectivity index (χ1v) is 9.18. The summed E-state index contributed by atoms with van der Waals surface area (Å²) in [5.41, 5.74) is 2.66. The van der Waals surface area contributed by atoms with Gasteiger partial charge in [-0.15, -0.1) is 11.3 Å². The molecule has 0 unspecified atom stereocenters. The van der Waals surface area contributed by atoms with E-state index >= 15 is 0 Å². The Labute approximate surface area is 150 Å². The second-order valence-electron chi connectivity index (χ2n) is 5.23. The first-order valence-electron chi connectivity index (χ1n) is 7.38. The number of hydrogen-bond donors (Lipinski definition) is 0. The van der Waals surface area contributed by atoms with Gasteiger partial charge in [-0.05, 0) is 6.07 Å². The van der Waals surface area contributed by atoms with Crippen LogP contribution in [0.15, 0.2) is 63.5 Å². The van der Waals surface area contributed by atoms with Gasteiger partial charge in [-0.1, -0.05) is 47.3 Å². The van der Waals surface area contributed by atoms with E-state index in [0.29, 0.717) is 5.75 Å². The lowest BCUT2D eigenvalue weighted by Crippen LogP contribution is -1.85. The molecule has 0 bridgehead atoms. The first kappa shape index (κ1) is 15.8. The van der Waals surface area contributed by atoms with Crippen molar-refractivity contribution >= 4 is 39.0 Å². The fourth-order valence-corrected chi connectivity index (χ4v) is 4.30. The maximum atomic E-state index is 10.8. The Kier molecular flexibility index (Phi) is 4.21. The highest BCUT2D eigenvalue weighted by molar-refractivity contribution is 8.00. The van der Waals surface area contributed by atoms with Crippen LogP contribution >= 0.6 is 23.1 Å². The topological polar surface area (TPSA) is 82.1 Å². The smallest absolute Gasteiger partial charge is 0.270 e. The number of nitro groups is 1. The van der Waals surface area contributed by atoms with Gasteiger partial charge in [-0.3, -0.25) is 10.1 Å². The Morgan fingerprint density at radius 3 is 2.80 bits per heavy atom. The van der Waals surface area contributed by atoms with Crippen LogP contribution in [0.2, 0.25) is 0 Å². The highest BCUT2D eigenvalue weighted by Gasteiger charge is 2.12. The summed E-state index contributed by atoms with van der Waals surface area (Å²) in [7, 11) is 0. The summed E-state index contributed by atoms with van der Waals surface area (Å²) in [6, 6.07) is 16.4. The van der Waals surface area contributed by atoms with Crippen molar-refractivity contribution in [3.8, 4) is 11.3 Å². The Bertz CT molecular complexity index is 1040. The molecule has 2 aromatic carbocycles. The Balaban J connectivity index is 1.49. The van der Waals surface area contributed by atoms with Crippen molar-refractivity contribution in [2.45, 2.75) is 10.1 Å². The zero-order valence-corrected chi connectivity index (χ0v) is 14.4. The standard InChI is InChI=1S/C17H11N3O3S2/c21-20(22)13-6-7-14-16(9-13)25-17(18-14)24-10-12-8-15(23-19-12)11-4-2-1-3-5-11/h1-9H,10H2. The largest absolute Gasteiger partial charge is 0.356 e. The summed E-state index contributed by atoms with van der Waals surface area (Å²) >= 11 is 2.98. The summed E-state index contributed by atoms with van der Waals surface area (Å²) in [6.45, 7) is 0. The molecule has 0 amide bonds. The van der Waals surface area contributed by atoms with Gasteiger partial charge >= 0.3 is 0 Å². The minimum Gasteiger partial charge on any atom is -0.356 e. The van der Waals surface area contributed by atoms with E-state index in [1.165, 1.54) is 29.2 Å². The highest BCUT2D eigenvalue weighted by Crippen LogP contribution is 2.33. The summed E-state index contributed by atoms with van der Waals surface area (Å²) in [4.78, 5) is 14.9. The predicted octanol–water partition coefficient (Wildman–Crippen LogP) is 5.15. The average molecular weight is 369 g/mol. The van der Waals surface area contributed by atoms with Crippen LogP contribution in [0, 0.1) is 10.1 Å². The molecule has 2 aromatic heterocycles. The molecule has 0 spiro atoms. The lowest BCUT2D eigenvalue weighted by molar-refractivity contribution is -0.384. The third kappa shape index (κ3) is 3.40. The molecule has 4 aromatic rings. The number of nitro benzene ring substituents is 1. The zero-order valence-electron chi connectivity index (χ0n) is 12.8. The molecular formula is C17H11N3O3S2. The molecule has 8 heteroatoms. The number of fused-ring (bicyclic) bond motifs is 1. The number of thioether (sulfide) groups is 1. The van der Waals surface area contributed by atoms with Crippen LogP contribution in [-0.4, -0.2) is 15.1 Å². The second-order valence-corrected chi connectivity index (χ2v) is 7.48. The molecule has 0 aliphatic carbocycles. The lowest BCUT2D eigenvalue weighted by Gasteiger charge is -1.92. The first-order chi connectivity index (χ1) is 12.2. The molecule has 0 atom stereocenters. The second kappa shape index (κ2) is 6.66. The van der Waals surface area contributed by atoms with Crippen LogP contribution in [0.4, 0.5) is 5.69 Å². The van der Waals surface area contributed by atoms with Crippen molar-refractivity contribution in [1.82, 2.24) is 10.1 Å². The fraction of sp³-hybridized carbons (Fsp3) is 0.0588. The van der Waals surface area contributed by atoms with E-state index in [9.17, 15) is 10.1 Å².